The van der Waals surface area contributed by atoms with E-state index in [0.717, 1.165) is 12.1 Å². The Bertz CT molecular complexity index is 1660. The Kier molecular flexibility index (Phi) is 15.4. The second kappa shape index (κ2) is 18.4. The first-order valence-corrected chi connectivity index (χ1v) is 12.8. The summed E-state index contributed by atoms with van der Waals surface area (Å²) in [5, 5.41) is 34.6. The Morgan fingerprint density at radius 3 is 1.40 bits per heavy atom. The van der Waals surface area contributed by atoms with E-state index in [2.05, 4.69) is 14.8 Å². The van der Waals surface area contributed by atoms with E-state index in [0.29, 0.717) is 0 Å². The van der Waals surface area contributed by atoms with Crippen molar-refractivity contribution in [3.05, 3.63) is 119 Å². The van der Waals surface area contributed by atoms with Crippen LogP contribution in [0.1, 0.15) is 50.5 Å². The van der Waals surface area contributed by atoms with Gasteiger partial charge in [-0.1, -0.05) is 48.5 Å². The number of rotatable bonds is 7. The quantitative estimate of drug-likeness (QED) is 0.174. The maximum Gasteiger partial charge on any atom is 3.00 e. The molecule has 0 saturated heterocycles. The molecule has 11 nitrogen and oxygen atoms in total. The van der Waals surface area contributed by atoms with Gasteiger partial charge in [0, 0.05) is 41.9 Å². The van der Waals surface area contributed by atoms with Crippen LogP contribution in [0, 0.1) is 0 Å². The van der Waals surface area contributed by atoms with Crippen molar-refractivity contribution in [2.45, 2.75) is 20.0 Å². The van der Waals surface area contributed by atoms with Crippen molar-refractivity contribution in [2.75, 3.05) is 5.32 Å². The first kappa shape index (κ1) is 39.4. The average molecular weight is 666 g/mol. The summed E-state index contributed by atoms with van der Waals surface area (Å²) >= 11 is 0. The van der Waals surface area contributed by atoms with E-state index in [-0.39, 0.29) is 56.9 Å². The van der Waals surface area contributed by atoms with Crippen molar-refractivity contribution in [2.24, 2.45) is 0 Å². The number of hydrogen-bond donors (Lipinski definition) is 1. The molecule has 1 N–H and O–H groups in total. The van der Waals surface area contributed by atoms with Crippen molar-refractivity contribution in [3.8, 4) is 11.5 Å². The number of ether oxygens (including phenoxy) is 2. The molecule has 0 aliphatic carbocycles. The first-order chi connectivity index (χ1) is 21.6. The number of alkyl halides is 3. The van der Waals surface area contributed by atoms with E-state index in [1.165, 1.54) is 80.6 Å². The Balaban J connectivity index is 0.000000362. The molecule has 0 aliphatic rings. The number of carboxylic acids is 3. The number of esters is 2. The van der Waals surface area contributed by atoms with Crippen LogP contribution in [-0.4, -0.2) is 47.2 Å². The zero-order valence-electron chi connectivity index (χ0n) is 24.5. The van der Waals surface area contributed by atoms with Crippen molar-refractivity contribution in [1.29, 1.82) is 0 Å². The largest absolute Gasteiger partial charge is 3.00 e. The second-order valence-corrected chi connectivity index (χ2v) is 8.79. The molecule has 4 aromatic rings. The number of carbonyl (C=O) groups is 5. The number of halogens is 3. The molecule has 0 unspecified atom stereocenters. The van der Waals surface area contributed by atoms with Gasteiger partial charge in [-0.25, -0.2) is 0 Å². The fraction of sp³-hybridized carbons (Fsp3) is 0.0938. The van der Waals surface area contributed by atoms with Gasteiger partial charge in [0.2, 0.25) is 0 Å². The van der Waals surface area contributed by atoms with E-state index in [9.17, 15) is 52.5 Å². The van der Waals surface area contributed by atoms with E-state index in [1.54, 1.807) is 18.2 Å². The number of carboxylic acid groups (broad SMARTS) is 3. The molecule has 4 aromatic carbocycles. The Morgan fingerprint density at radius 2 is 1.00 bits per heavy atom. The molecule has 0 bridgehead atoms. The average Bonchev–Trinajstić information content (AvgIpc) is 2.97. The van der Waals surface area contributed by atoms with Crippen molar-refractivity contribution in [1.82, 2.24) is 0 Å². The molecular formula is C32H23AlF3NO10. The summed E-state index contributed by atoms with van der Waals surface area (Å²) in [5.74, 6) is -5.24. The summed E-state index contributed by atoms with van der Waals surface area (Å²) in [6.07, 6.45) is -4.45. The van der Waals surface area contributed by atoms with Gasteiger partial charge in [-0.3, -0.25) is 9.59 Å². The van der Waals surface area contributed by atoms with Crippen LogP contribution in [0.15, 0.2) is 97.1 Å². The van der Waals surface area contributed by atoms with Gasteiger partial charge in [-0.2, -0.15) is 13.2 Å². The summed E-state index contributed by atoms with van der Waals surface area (Å²) in [5.41, 5.74) is -0.867. The van der Waals surface area contributed by atoms with E-state index < -0.39 is 41.6 Å². The SMILES string of the molecule is CC(=O)Oc1ccccc1C(=O)[O-].CC(=O)Oc1ccccc1C(=O)[O-].O=C([O-])c1ccccc1Nc1cccc(C(F)(F)F)c1.[Al+3]. The normalized spacial score (nSPS) is 9.89. The molecule has 0 atom stereocenters. The van der Waals surface area contributed by atoms with Crippen LogP contribution in [0.3, 0.4) is 0 Å². The van der Waals surface area contributed by atoms with Gasteiger partial charge in [0.1, 0.15) is 11.5 Å². The maximum absolute atomic E-state index is 12.6. The number of nitrogens with one attached hydrogen (secondary N) is 1. The summed E-state index contributed by atoms with van der Waals surface area (Å²) in [7, 11) is 0. The van der Waals surface area contributed by atoms with Gasteiger partial charge in [-0.15, -0.1) is 0 Å². The number of carbonyl (C=O) groups excluding carboxylic acids is 5. The zero-order valence-corrected chi connectivity index (χ0v) is 25.7. The predicted molar refractivity (Wildman–Crippen MR) is 155 cm³/mol. The van der Waals surface area contributed by atoms with E-state index >= 15 is 0 Å². The minimum absolute atomic E-state index is 0. The number of benzene rings is 4. The minimum Gasteiger partial charge on any atom is -0.545 e. The molecular weight excluding hydrogens is 642 g/mol. The molecule has 0 aliphatic heterocycles. The smallest absolute Gasteiger partial charge is 0.545 e. The predicted octanol–water partition coefficient (Wildman–Crippen LogP) is 2.38. The molecule has 0 amide bonds. The molecule has 47 heavy (non-hydrogen) atoms. The number of para-hydroxylation sites is 3. The minimum atomic E-state index is -4.45. The fourth-order valence-electron chi connectivity index (χ4n) is 3.46. The van der Waals surface area contributed by atoms with Crippen LogP contribution in [0.2, 0.25) is 0 Å². The summed E-state index contributed by atoms with van der Waals surface area (Å²) in [6, 6.07) is 22.0. The van der Waals surface area contributed by atoms with Gasteiger partial charge >= 0.3 is 35.5 Å². The molecule has 15 heteroatoms. The van der Waals surface area contributed by atoms with Crippen LogP contribution < -0.4 is 30.1 Å². The third-order valence-corrected chi connectivity index (χ3v) is 5.34. The molecule has 0 spiro atoms. The van der Waals surface area contributed by atoms with Crippen LogP contribution in [0.5, 0.6) is 11.5 Å². The van der Waals surface area contributed by atoms with Gasteiger partial charge in [0.25, 0.3) is 0 Å². The third-order valence-electron chi connectivity index (χ3n) is 5.34. The second-order valence-electron chi connectivity index (χ2n) is 8.79. The standard InChI is InChI=1S/C14H10F3NO2.2C9H8O4.Al/c15-14(16,17)9-4-3-5-10(8-9)18-12-7-2-1-6-11(12)13(19)20;2*1-6(10)13-8-5-3-2-4-7(8)9(11)12;/h1-8,18H,(H,19,20);2*2-5H,1H3,(H,11,12);/q;;;+3/p-3. The van der Waals surface area contributed by atoms with Gasteiger partial charge in [0.05, 0.1) is 23.5 Å². The van der Waals surface area contributed by atoms with E-state index in [1.807, 2.05) is 0 Å². The number of anilines is 2. The van der Waals surface area contributed by atoms with Crippen molar-refractivity contribution >= 4 is 58.6 Å². The Labute approximate surface area is 276 Å². The summed E-state index contributed by atoms with van der Waals surface area (Å²) in [4.78, 5) is 53.0. The van der Waals surface area contributed by atoms with Crippen LogP contribution >= 0.6 is 0 Å². The molecule has 0 heterocycles. The molecule has 0 radical (unpaired) electrons. The Hall–Kier alpha value is -5.65. The van der Waals surface area contributed by atoms with Gasteiger partial charge < -0.3 is 44.5 Å². The topological polar surface area (TPSA) is 185 Å². The number of aromatic carboxylic acids is 3. The van der Waals surface area contributed by atoms with Gasteiger partial charge in [0.15, 0.2) is 0 Å². The van der Waals surface area contributed by atoms with Crippen LogP contribution in [0.25, 0.3) is 0 Å². The Morgan fingerprint density at radius 1 is 0.596 bits per heavy atom. The molecule has 0 saturated carbocycles. The summed E-state index contributed by atoms with van der Waals surface area (Å²) in [6.45, 7) is 2.40. The third kappa shape index (κ3) is 13.1. The zero-order chi connectivity index (χ0) is 34.4. The summed E-state index contributed by atoms with van der Waals surface area (Å²) < 4.78 is 47.0. The molecule has 0 fully saturated rings. The van der Waals surface area contributed by atoms with Crippen molar-refractivity contribution < 1.29 is 61.9 Å². The monoisotopic (exact) mass is 665 g/mol. The fourth-order valence-corrected chi connectivity index (χ4v) is 3.46. The molecule has 240 valence electrons. The maximum atomic E-state index is 12.6. The molecule has 4 rings (SSSR count). The number of hydrogen-bond acceptors (Lipinski definition) is 11. The van der Waals surface area contributed by atoms with Crippen molar-refractivity contribution in [3.63, 3.8) is 0 Å². The first-order valence-electron chi connectivity index (χ1n) is 12.8. The molecule has 0 aromatic heterocycles. The van der Waals surface area contributed by atoms with Gasteiger partial charge in [-0.05, 0) is 48.5 Å². The van der Waals surface area contributed by atoms with E-state index in [4.69, 9.17) is 0 Å². The van der Waals surface area contributed by atoms with Crippen LogP contribution in [-0.2, 0) is 15.8 Å². The van der Waals surface area contributed by atoms with Crippen LogP contribution in [0.4, 0.5) is 24.5 Å².